The van der Waals surface area contributed by atoms with Crippen LogP contribution in [0.1, 0.15) is 20.3 Å². The molecule has 0 aliphatic rings. The molecule has 0 aliphatic carbocycles. The lowest BCUT2D eigenvalue weighted by Crippen LogP contribution is -2.34. The maximum absolute atomic E-state index is 10.8. The molecule has 0 aromatic heterocycles. The third-order valence-electron chi connectivity index (χ3n) is 1.33. The van der Waals surface area contributed by atoms with Gasteiger partial charge in [-0.25, -0.2) is 0 Å². The first-order valence-corrected chi connectivity index (χ1v) is 3.80. The van der Waals surface area contributed by atoms with E-state index in [1.54, 1.807) is 0 Å². The summed E-state index contributed by atoms with van der Waals surface area (Å²) in [5.41, 5.74) is 0. The van der Waals surface area contributed by atoms with E-state index in [0.717, 1.165) is 0 Å². The Bertz CT molecular complexity index is 197. The minimum atomic E-state index is -1.49. The van der Waals surface area contributed by atoms with Crippen LogP contribution in [0.4, 0.5) is 0 Å². The second-order valence-electron chi connectivity index (χ2n) is 2.92. The molecule has 0 amide bonds. The van der Waals surface area contributed by atoms with Crippen molar-refractivity contribution < 1.29 is 24.2 Å². The van der Waals surface area contributed by atoms with E-state index in [1.807, 2.05) is 0 Å². The van der Waals surface area contributed by atoms with Gasteiger partial charge in [-0.3, -0.25) is 9.59 Å². The van der Waals surface area contributed by atoms with Crippen molar-refractivity contribution in [3.63, 3.8) is 0 Å². The van der Waals surface area contributed by atoms with Crippen molar-refractivity contribution in [1.82, 2.24) is 0 Å². The Morgan fingerprint density at radius 1 is 1.46 bits per heavy atom. The zero-order valence-electron chi connectivity index (χ0n) is 7.99. The number of Topliss-reactive ketones (excluding diaryl/α,β-unsaturated/α-hetero) is 1. The van der Waals surface area contributed by atoms with Crippen LogP contribution in [0.5, 0.6) is 0 Å². The number of esters is 1. The van der Waals surface area contributed by atoms with E-state index in [-0.39, 0.29) is 18.8 Å². The maximum Gasteiger partial charge on any atom is 0.313 e. The lowest BCUT2D eigenvalue weighted by Gasteiger charge is -2.20. The Morgan fingerprint density at radius 3 is 2.38 bits per heavy atom. The fourth-order valence-corrected chi connectivity index (χ4v) is 0.528. The molecule has 1 N–H and O–H groups in total. The van der Waals surface area contributed by atoms with Gasteiger partial charge in [0.1, 0.15) is 18.8 Å². The van der Waals surface area contributed by atoms with E-state index >= 15 is 0 Å². The largest absolute Gasteiger partial charge is 0.460 e. The first-order valence-electron chi connectivity index (χ1n) is 3.80. The maximum atomic E-state index is 10.8. The van der Waals surface area contributed by atoms with Crippen LogP contribution < -0.4 is 0 Å². The van der Waals surface area contributed by atoms with Gasteiger partial charge in [-0.15, -0.1) is 0 Å². The molecule has 5 heteroatoms. The van der Waals surface area contributed by atoms with Gasteiger partial charge in [-0.1, -0.05) is 0 Å². The molecule has 0 fully saturated rings. The molecular weight excluding hydrogens is 176 g/mol. The van der Waals surface area contributed by atoms with Crippen molar-refractivity contribution in [2.24, 2.45) is 0 Å². The number of ether oxygens (including phenoxy) is 2. The summed E-state index contributed by atoms with van der Waals surface area (Å²) in [5.74, 6) is -2.43. The molecular formula is C8H14O5. The van der Waals surface area contributed by atoms with Crippen LogP contribution >= 0.6 is 0 Å². The highest BCUT2D eigenvalue weighted by molar-refractivity contribution is 5.94. The summed E-state index contributed by atoms with van der Waals surface area (Å²) in [6, 6.07) is 0. The number of aliphatic hydroxyl groups is 1. The summed E-state index contributed by atoms with van der Waals surface area (Å²) in [6.07, 6.45) is -0.278. The lowest BCUT2D eigenvalue weighted by atomic mass is 10.3. The predicted molar refractivity (Wildman–Crippen MR) is 43.9 cm³/mol. The molecule has 0 heterocycles. The molecule has 0 bridgehead atoms. The van der Waals surface area contributed by atoms with Gasteiger partial charge in [-0.2, -0.15) is 0 Å². The molecule has 1 atom stereocenters. The van der Waals surface area contributed by atoms with Crippen molar-refractivity contribution in [3.05, 3.63) is 0 Å². The molecule has 1 unspecified atom stereocenters. The Hall–Kier alpha value is -0.940. The van der Waals surface area contributed by atoms with Crippen molar-refractivity contribution in [1.29, 1.82) is 0 Å². The normalized spacial score (nSPS) is 14.8. The Labute approximate surface area is 76.6 Å². The Balaban J connectivity index is 3.76. The van der Waals surface area contributed by atoms with Crippen LogP contribution in [-0.4, -0.2) is 36.4 Å². The third-order valence-corrected chi connectivity index (χ3v) is 1.33. The Kier molecular flexibility index (Phi) is 4.58. The minimum absolute atomic E-state index is 0.276. The average Bonchev–Trinajstić information content (AvgIpc) is 2.00. The zero-order chi connectivity index (χ0) is 10.5. The molecule has 0 saturated carbocycles. The SMILES string of the molecule is COC(C)(O)COC(=O)CC(C)=O. The van der Waals surface area contributed by atoms with Gasteiger partial charge in [0.25, 0.3) is 0 Å². The van der Waals surface area contributed by atoms with Crippen molar-refractivity contribution in [3.8, 4) is 0 Å². The van der Waals surface area contributed by atoms with Gasteiger partial charge in [0.15, 0.2) is 5.79 Å². The molecule has 5 nitrogen and oxygen atoms in total. The van der Waals surface area contributed by atoms with Crippen LogP contribution in [0, 0.1) is 0 Å². The first kappa shape index (κ1) is 12.1. The molecule has 0 aromatic carbocycles. The second-order valence-corrected chi connectivity index (χ2v) is 2.92. The van der Waals surface area contributed by atoms with E-state index in [9.17, 15) is 14.7 Å². The summed E-state index contributed by atoms with van der Waals surface area (Å²) in [4.78, 5) is 21.3. The standard InChI is InChI=1S/C8H14O5/c1-6(9)4-7(10)13-5-8(2,11)12-3/h11H,4-5H2,1-3H3. The van der Waals surface area contributed by atoms with Crippen LogP contribution in [-0.2, 0) is 19.1 Å². The molecule has 0 rings (SSSR count). The van der Waals surface area contributed by atoms with Crippen molar-refractivity contribution in [2.45, 2.75) is 26.1 Å². The molecule has 0 spiro atoms. The topological polar surface area (TPSA) is 72.8 Å². The number of methoxy groups -OCH3 is 1. The number of rotatable bonds is 5. The number of hydrogen-bond donors (Lipinski definition) is 1. The van der Waals surface area contributed by atoms with E-state index < -0.39 is 11.8 Å². The quantitative estimate of drug-likeness (QED) is 0.371. The van der Waals surface area contributed by atoms with E-state index in [1.165, 1.54) is 21.0 Å². The fraction of sp³-hybridized carbons (Fsp3) is 0.750. The van der Waals surface area contributed by atoms with Crippen LogP contribution in [0.2, 0.25) is 0 Å². The van der Waals surface area contributed by atoms with Gasteiger partial charge in [0.05, 0.1) is 0 Å². The fourth-order valence-electron chi connectivity index (χ4n) is 0.528. The molecule has 0 aliphatic heterocycles. The predicted octanol–water partition coefficient (Wildman–Crippen LogP) is -0.136. The highest BCUT2D eigenvalue weighted by atomic mass is 16.6. The molecule has 76 valence electrons. The third kappa shape index (κ3) is 6.24. The summed E-state index contributed by atoms with van der Waals surface area (Å²) >= 11 is 0. The highest BCUT2D eigenvalue weighted by Crippen LogP contribution is 2.04. The second kappa shape index (κ2) is 4.94. The molecule has 0 aromatic rings. The Morgan fingerprint density at radius 2 is 2.00 bits per heavy atom. The lowest BCUT2D eigenvalue weighted by molar-refractivity contribution is -0.207. The minimum Gasteiger partial charge on any atom is -0.460 e. The summed E-state index contributed by atoms with van der Waals surface area (Å²) in [5, 5.41) is 9.22. The van der Waals surface area contributed by atoms with Gasteiger partial charge in [0, 0.05) is 7.11 Å². The van der Waals surface area contributed by atoms with Gasteiger partial charge in [-0.05, 0) is 13.8 Å². The van der Waals surface area contributed by atoms with E-state index in [0.29, 0.717) is 0 Å². The monoisotopic (exact) mass is 190 g/mol. The first-order chi connectivity index (χ1) is 5.87. The van der Waals surface area contributed by atoms with Gasteiger partial charge < -0.3 is 14.6 Å². The smallest absolute Gasteiger partial charge is 0.313 e. The van der Waals surface area contributed by atoms with E-state index in [2.05, 4.69) is 9.47 Å². The number of carbonyl (C=O) groups excluding carboxylic acids is 2. The van der Waals surface area contributed by atoms with Crippen LogP contribution in [0.25, 0.3) is 0 Å². The summed E-state index contributed by atoms with van der Waals surface area (Å²) < 4.78 is 9.16. The molecule has 0 radical (unpaired) electrons. The zero-order valence-corrected chi connectivity index (χ0v) is 7.99. The van der Waals surface area contributed by atoms with Gasteiger partial charge >= 0.3 is 5.97 Å². The van der Waals surface area contributed by atoms with Gasteiger partial charge in [0.2, 0.25) is 0 Å². The summed E-state index contributed by atoms with van der Waals surface area (Å²) in [7, 11) is 1.29. The van der Waals surface area contributed by atoms with Crippen LogP contribution in [0.3, 0.4) is 0 Å². The molecule has 0 saturated heterocycles. The highest BCUT2D eigenvalue weighted by Gasteiger charge is 2.21. The van der Waals surface area contributed by atoms with E-state index in [4.69, 9.17) is 0 Å². The summed E-state index contributed by atoms with van der Waals surface area (Å²) in [6.45, 7) is 2.36. The molecule has 13 heavy (non-hydrogen) atoms. The number of hydrogen-bond acceptors (Lipinski definition) is 5. The number of ketones is 1. The van der Waals surface area contributed by atoms with Crippen molar-refractivity contribution in [2.75, 3.05) is 13.7 Å². The van der Waals surface area contributed by atoms with Crippen molar-refractivity contribution >= 4 is 11.8 Å². The average molecular weight is 190 g/mol. The number of carbonyl (C=O) groups is 2. The van der Waals surface area contributed by atoms with Crippen LogP contribution in [0.15, 0.2) is 0 Å².